The molecule has 0 radical (unpaired) electrons. The fraction of sp³-hybridized carbons (Fsp3) is 0.789. The predicted octanol–water partition coefficient (Wildman–Crippen LogP) is 3.23. The maximum Gasteiger partial charge on any atom is 0.227 e. The summed E-state index contributed by atoms with van der Waals surface area (Å²) >= 11 is 0. The van der Waals surface area contributed by atoms with Crippen molar-refractivity contribution >= 4 is 30.7 Å². The average Bonchev–Trinajstić information content (AvgIpc) is 2.93. The second-order valence-corrected chi connectivity index (χ2v) is 7.37. The van der Waals surface area contributed by atoms with Gasteiger partial charge in [0.1, 0.15) is 5.76 Å². The molecule has 2 rings (SSSR count). The van der Waals surface area contributed by atoms with Crippen molar-refractivity contribution in [2.45, 2.75) is 59.9 Å². The fourth-order valence-electron chi connectivity index (χ4n) is 3.52. The van der Waals surface area contributed by atoms with E-state index in [9.17, 15) is 4.79 Å². The van der Waals surface area contributed by atoms with Crippen molar-refractivity contribution in [3.8, 4) is 0 Å². The Bertz CT molecular complexity index is 540. The van der Waals surface area contributed by atoms with Crippen molar-refractivity contribution in [3.63, 3.8) is 0 Å². The van der Waals surface area contributed by atoms with E-state index in [0.717, 1.165) is 69.2 Å². The Morgan fingerprint density at radius 1 is 1.26 bits per heavy atom. The van der Waals surface area contributed by atoms with Gasteiger partial charge < -0.3 is 15.5 Å². The molecule has 6 nitrogen and oxygen atoms in total. The topological polar surface area (TPSA) is 84.4 Å². The molecule has 0 spiro atoms. The number of carbonyl (C=O) groups is 1. The van der Waals surface area contributed by atoms with Crippen molar-refractivity contribution in [3.05, 3.63) is 17.3 Å². The summed E-state index contributed by atoms with van der Waals surface area (Å²) in [5.41, 5.74) is 6.43. The minimum atomic E-state index is -0.401. The third-order valence-corrected chi connectivity index (χ3v) is 5.92. The van der Waals surface area contributed by atoms with Crippen molar-refractivity contribution in [1.82, 2.24) is 15.2 Å². The van der Waals surface area contributed by atoms with Gasteiger partial charge >= 0.3 is 0 Å². The summed E-state index contributed by atoms with van der Waals surface area (Å²) in [7, 11) is 0. The highest BCUT2D eigenvalue weighted by molar-refractivity contribution is 5.85. The van der Waals surface area contributed by atoms with Crippen LogP contribution in [0.15, 0.2) is 4.42 Å². The SMILES string of the molecule is CCC(CC)(CN)C(=O)NCC1CCN(Cc2nc(C)c(C)o2)CC1.Cl.Cl. The van der Waals surface area contributed by atoms with E-state index >= 15 is 0 Å². The number of hydrogen-bond acceptors (Lipinski definition) is 5. The third-order valence-electron chi connectivity index (χ3n) is 5.92. The predicted molar refractivity (Wildman–Crippen MR) is 114 cm³/mol. The number of amides is 1. The lowest BCUT2D eigenvalue weighted by Gasteiger charge is -2.33. The summed E-state index contributed by atoms with van der Waals surface area (Å²) in [6.07, 6.45) is 3.76. The number of likely N-dealkylation sites (tertiary alicyclic amines) is 1. The van der Waals surface area contributed by atoms with Gasteiger partial charge in [0, 0.05) is 13.1 Å². The first-order valence-corrected chi connectivity index (χ1v) is 9.57. The molecular weight excluding hydrogens is 387 g/mol. The summed E-state index contributed by atoms with van der Waals surface area (Å²) in [6, 6.07) is 0. The highest BCUT2D eigenvalue weighted by atomic mass is 35.5. The Morgan fingerprint density at radius 3 is 2.30 bits per heavy atom. The van der Waals surface area contributed by atoms with Crippen LogP contribution in [0.1, 0.15) is 56.9 Å². The fourth-order valence-corrected chi connectivity index (χ4v) is 3.52. The molecule has 27 heavy (non-hydrogen) atoms. The molecule has 0 bridgehead atoms. The minimum absolute atomic E-state index is 0. The molecule has 0 saturated carbocycles. The number of nitrogens with zero attached hydrogens (tertiary/aromatic N) is 2. The van der Waals surface area contributed by atoms with Gasteiger partial charge in [-0.2, -0.15) is 0 Å². The second kappa shape index (κ2) is 11.9. The Kier molecular flexibility index (Phi) is 11.5. The van der Waals surface area contributed by atoms with E-state index in [2.05, 4.69) is 15.2 Å². The molecule has 0 unspecified atom stereocenters. The molecule has 158 valence electrons. The number of nitrogens with one attached hydrogen (secondary N) is 1. The summed E-state index contributed by atoms with van der Waals surface area (Å²) in [4.78, 5) is 19.4. The Morgan fingerprint density at radius 2 is 1.85 bits per heavy atom. The first-order chi connectivity index (χ1) is 11.9. The maximum atomic E-state index is 12.5. The first kappa shape index (κ1) is 26.2. The molecule has 1 aromatic heterocycles. The second-order valence-electron chi connectivity index (χ2n) is 7.37. The highest BCUT2D eigenvalue weighted by Crippen LogP contribution is 2.25. The Hall–Kier alpha value is -0.820. The molecule has 1 aliphatic rings. The molecule has 1 fully saturated rings. The van der Waals surface area contributed by atoms with Crippen LogP contribution in [0.3, 0.4) is 0 Å². The zero-order valence-corrected chi connectivity index (χ0v) is 18.7. The van der Waals surface area contributed by atoms with E-state index in [1.165, 1.54) is 0 Å². The Labute approximate surface area is 175 Å². The molecule has 0 aromatic carbocycles. The zero-order valence-electron chi connectivity index (χ0n) is 17.0. The van der Waals surface area contributed by atoms with E-state index in [0.29, 0.717) is 12.5 Å². The van der Waals surface area contributed by atoms with Crippen molar-refractivity contribution in [1.29, 1.82) is 0 Å². The van der Waals surface area contributed by atoms with Crippen molar-refractivity contribution < 1.29 is 9.21 Å². The molecular formula is C19H36Cl2N4O2. The molecule has 0 aliphatic carbocycles. The molecule has 0 atom stereocenters. The lowest BCUT2D eigenvalue weighted by Crippen LogP contribution is -2.47. The van der Waals surface area contributed by atoms with E-state index in [1.807, 2.05) is 27.7 Å². The van der Waals surface area contributed by atoms with Crippen LogP contribution in [0, 0.1) is 25.2 Å². The van der Waals surface area contributed by atoms with E-state index < -0.39 is 5.41 Å². The van der Waals surface area contributed by atoms with Gasteiger partial charge in [0.05, 0.1) is 17.7 Å². The lowest BCUT2D eigenvalue weighted by atomic mass is 9.81. The number of nitrogens with two attached hydrogens (primary N) is 1. The van der Waals surface area contributed by atoms with Gasteiger partial charge in [-0.15, -0.1) is 24.8 Å². The first-order valence-electron chi connectivity index (χ1n) is 9.57. The number of hydrogen-bond donors (Lipinski definition) is 2. The molecule has 1 saturated heterocycles. The molecule has 1 aliphatic heterocycles. The van der Waals surface area contributed by atoms with Crippen LogP contribution in [0.2, 0.25) is 0 Å². The summed E-state index contributed by atoms with van der Waals surface area (Å²) in [6.45, 7) is 12.0. The smallest absolute Gasteiger partial charge is 0.227 e. The molecule has 1 aromatic rings. The van der Waals surface area contributed by atoms with Gasteiger partial charge in [-0.05, 0) is 58.5 Å². The molecule has 1 amide bonds. The number of piperidine rings is 1. The van der Waals surface area contributed by atoms with Gasteiger partial charge in [-0.25, -0.2) is 4.98 Å². The molecule has 8 heteroatoms. The van der Waals surface area contributed by atoms with Gasteiger partial charge in [-0.3, -0.25) is 9.69 Å². The van der Waals surface area contributed by atoms with E-state index in [-0.39, 0.29) is 30.7 Å². The van der Waals surface area contributed by atoms with Gasteiger partial charge in [-0.1, -0.05) is 13.8 Å². The van der Waals surface area contributed by atoms with Crippen LogP contribution in [-0.4, -0.2) is 42.0 Å². The van der Waals surface area contributed by atoms with Crippen LogP contribution in [0.5, 0.6) is 0 Å². The molecule has 2 heterocycles. The summed E-state index contributed by atoms with van der Waals surface area (Å²) in [5.74, 6) is 2.37. The normalized spacial score (nSPS) is 15.7. The number of carbonyl (C=O) groups excluding carboxylic acids is 1. The van der Waals surface area contributed by atoms with Gasteiger partial charge in [0.15, 0.2) is 0 Å². The summed E-state index contributed by atoms with van der Waals surface area (Å²) < 4.78 is 5.68. The summed E-state index contributed by atoms with van der Waals surface area (Å²) in [5, 5.41) is 3.15. The minimum Gasteiger partial charge on any atom is -0.444 e. The van der Waals surface area contributed by atoms with Crippen LogP contribution >= 0.6 is 24.8 Å². The van der Waals surface area contributed by atoms with Crippen LogP contribution in [-0.2, 0) is 11.3 Å². The maximum absolute atomic E-state index is 12.5. The quantitative estimate of drug-likeness (QED) is 0.671. The zero-order chi connectivity index (χ0) is 18.4. The number of aryl methyl sites for hydroxylation is 2. The standard InChI is InChI=1S/C19H34N4O2.2ClH/c1-5-19(6-2,13-20)18(24)21-11-16-7-9-23(10-8-16)12-17-22-14(3)15(4)25-17;;/h16H,5-13,20H2,1-4H3,(H,21,24);2*1H. The van der Waals surface area contributed by atoms with Crippen molar-refractivity contribution in [2.75, 3.05) is 26.2 Å². The van der Waals surface area contributed by atoms with Gasteiger partial charge in [0.2, 0.25) is 11.8 Å². The number of aromatic nitrogens is 1. The molecule has 3 N–H and O–H groups in total. The van der Waals surface area contributed by atoms with E-state index in [4.69, 9.17) is 10.2 Å². The van der Waals surface area contributed by atoms with E-state index in [1.54, 1.807) is 0 Å². The lowest BCUT2D eigenvalue weighted by molar-refractivity contribution is -0.131. The van der Waals surface area contributed by atoms with Crippen LogP contribution in [0.25, 0.3) is 0 Å². The highest BCUT2D eigenvalue weighted by Gasteiger charge is 2.33. The van der Waals surface area contributed by atoms with Crippen LogP contribution in [0.4, 0.5) is 0 Å². The number of halogens is 2. The van der Waals surface area contributed by atoms with Crippen LogP contribution < -0.4 is 11.1 Å². The van der Waals surface area contributed by atoms with Crippen molar-refractivity contribution in [2.24, 2.45) is 17.1 Å². The third kappa shape index (κ3) is 6.63. The number of oxazole rings is 1. The monoisotopic (exact) mass is 422 g/mol. The largest absolute Gasteiger partial charge is 0.444 e. The Balaban J connectivity index is 0.00000338. The van der Waals surface area contributed by atoms with Gasteiger partial charge in [0.25, 0.3) is 0 Å². The average molecular weight is 423 g/mol. The number of rotatable bonds is 8.